The lowest BCUT2D eigenvalue weighted by Gasteiger charge is -2.25. The van der Waals surface area contributed by atoms with Gasteiger partial charge in [-0.2, -0.15) is 0 Å². The van der Waals surface area contributed by atoms with Crippen molar-refractivity contribution in [2.24, 2.45) is 0 Å². The van der Waals surface area contributed by atoms with Crippen LogP contribution in [0.15, 0.2) is 0 Å². The average molecular weight is 258 g/mol. The number of morpholine rings is 1. The zero-order chi connectivity index (χ0) is 13.0. The summed E-state index contributed by atoms with van der Waals surface area (Å²) in [4.78, 5) is 13.9. The second-order valence-electron chi connectivity index (χ2n) is 4.75. The molecular formula is C12H22N2O4. The highest BCUT2D eigenvalue weighted by molar-refractivity contribution is 5.77. The van der Waals surface area contributed by atoms with E-state index in [-0.39, 0.29) is 24.2 Å². The van der Waals surface area contributed by atoms with Gasteiger partial charge in [0.25, 0.3) is 0 Å². The van der Waals surface area contributed by atoms with Gasteiger partial charge in [0.1, 0.15) is 12.2 Å². The van der Waals surface area contributed by atoms with E-state index in [0.717, 1.165) is 13.1 Å². The van der Waals surface area contributed by atoms with E-state index in [1.165, 1.54) is 0 Å². The number of likely N-dealkylation sites (tertiary alicyclic amines) is 1. The van der Waals surface area contributed by atoms with Crippen molar-refractivity contribution in [2.45, 2.75) is 24.7 Å². The second kappa shape index (κ2) is 6.47. The van der Waals surface area contributed by atoms with Gasteiger partial charge < -0.3 is 24.4 Å². The molecule has 1 N–H and O–H groups in total. The van der Waals surface area contributed by atoms with Crippen molar-refractivity contribution in [2.75, 3.05) is 47.0 Å². The first-order chi connectivity index (χ1) is 8.74. The highest BCUT2D eigenvalue weighted by Crippen LogP contribution is 2.17. The summed E-state index contributed by atoms with van der Waals surface area (Å²) in [5.41, 5.74) is 0. The number of carbonyl (C=O) groups is 1. The quantitative estimate of drug-likeness (QED) is 0.718. The van der Waals surface area contributed by atoms with Gasteiger partial charge in [0.15, 0.2) is 0 Å². The highest BCUT2D eigenvalue weighted by atomic mass is 16.5. The number of nitrogens with zero attached hydrogens (tertiary/aromatic N) is 1. The minimum atomic E-state index is -0.0238. The zero-order valence-electron chi connectivity index (χ0n) is 11.1. The van der Waals surface area contributed by atoms with E-state index in [1.807, 2.05) is 0 Å². The summed E-state index contributed by atoms with van der Waals surface area (Å²) in [6.45, 7) is 3.51. The van der Waals surface area contributed by atoms with Gasteiger partial charge in [-0.1, -0.05) is 0 Å². The molecule has 0 radical (unpaired) electrons. The van der Waals surface area contributed by atoms with Gasteiger partial charge in [0.05, 0.1) is 19.1 Å². The second-order valence-corrected chi connectivity index (χ2v) is 4.75. The molecule has 2 rings (SSSR count). The van der Waals surface area contributed by atoms with Crippen LogP contribution in [-0.4, -0.2) is 76.1 Å². The summed E-state index contributed by atoms with van der Waals surface area (Å²) in [6.07, 6.45) is 0.377. The normalized spacial score (nSPS) is 32.8. The predicted octanol–water partition coefficient (Wildman–Crippen LogP) is -0.763. The van der Waals surface area contributed by atoms with Crippen LogP contribution in [0.5, 0.6) is 0 Å². The third kappa shape index (κ3) is 3.20. The minimum Gasteiger partial charge on any atom is -0.377 e. The zero-order valence-corrected chi connectivity index (χ0v) is 11.1. The van der Waals surface area contributed by atoms with Gasteiger partial charge in [0.2, 0.25) is 5.91 Å². The summed E-state index contributed by atoms with van der Waals surface area (Å²) < 4.78 is 16.2. The van der Waals surface area contributed by atoms with E-state index in [4.69, 9.17) is 14.2 Å². The van der Waals surface area contributed by atoms with Crippen LogP contribution >= 0.6 is 0 Å². The van der Waals surface area contributed by atoms with Crippen molar-refractivity contribution >= 4 is 5.91 Å². The molecule has 6 heteroatoms. The number of nitrogens with one attached hydrogen (secondary N) is 1. The summed E-state index contributed by atoms with van der Waals surface area (Å²) in [5.74, 6) is 0.116. The van der Waals surface area contributed by atoms with Crippen molar-refractivity contribution in [3.63, 3.8) is 0 Å². The lowest BCUT2D eigenvalue weighted by Crippen LogP contribution is -2.42. The molecule has 0 aromatic heterocycles. The first-order valence-corrected chi connectivity index (χ1v) is 6.40. The van der Waals surface area contributed by atoms with Crippen molar-refractivity contribution in [3.8, 4) is 0 Å². The number of rotatable bonds is 4. The molecule has 0 bridgehead atoms. The smallest absolute Gasteiger partial charge is 0.225 e. The van der Waals surface area contributed by atoms with Gasteiger partial charge in [-0.25, -0.2) is 0 Å². The van der Waals surface area contributed by atoms with E-state index >= 15 is 0 Å². The number of amides is 1. The molecule has 2 heterocycles. The van der Waals surface area contributed by atoms with Crippen molar-refractivity contribution in [1.82, 2.24) is 10.2 Å². The van der Waals surface area contributed by atoms with Gasteiger partial charge in [-0.15, -0.1) is 0 Å². The molecule has 0 spiro atoms. The molecule has 0 aromatic carbocycles. The van der Waals surface area contributed by atoms with Gasteiger partial charge >= 0.3 is 0 Å². The Kier molecular flexibility index (Phi) is 4.94. The van der Waals surface area contributed by atoms with E-state index in [9.17, 15) is 4.79 Å². The third-order valence-electron chi connectivity index (χ3n) is 3.58. The van der Waals surface area contributed by atoms with E-state index in [1.54, 1.807) is 19.1 Å². The molecule has 2 aliphatic rings. The van der Waals surface area contributed by atoms with Crippen molar-refractivity contribution in [1.29, 1.82) is 0 Å². The van der Waals surface area contributed by atoms with E-state index < -0.39 is 0 Å². The summed E-state index contributed by atoms with van der Waals surface area (Å²) >= 11 is 0. The van der Waals surface area contributed by atoms with Crippen molar-refractivity contribution in [3.05, 3.63) is 0 Å². The van der Waals surface area contributed by atoms with Crippen LogP contribution in [-0.2, 0) is 19.0 Å². The van der Waals surface area contributed by atoms with E-state index in [0.29, 0.717) is 26.1 Å². The van der Waals surface area contributed by atoms with Crippen LogP contribution in [0.2, 0.25) is 0 Å². The van der Waals surface area contributed by atoms with Crippen LogP contribution in [0.3, 0.4) is 0 Å². The Morgan fingerprint density at radius 1 is 1.33 bits per heavy atom. The molecule has 18 heavy (non-hydrogen) atoms. The average Bonchev–Trinajstić information content (AvgIpc) is 2.83. The summed E-state index contributed by atoms with van der Waals surface area (Å²) in [5, 5.41) is 3.23. The lowest BCUT2D eigenvalue weighted by atomic mass is 10.2. The SMILES string of the molecule is COC1CN(C(=O)CC2CNCCO2)CC1OC. The first-order valence-electron chi connectivity index (χ1n) is 6.40. The molecule has 0 aliphatic carbocycles. The third-order valence-corrected chi connectivity index (χ3v) is 3.58. The lowest BCUT2D eigenvalue weighted by molar-refractivity contribution is -0.134. The monoisotopic (exact) mass is 258 g/mol. The molecule has 0 saturated carbocycles. The fraction of sp³-hybridized carbons (Fsp3) is 0.917. The van der Waals surface area contributed by atoms with Crippen molar-refractivity contribution < 1.29 is 19.0 Å². The standard InChI is InChI=1S/C12H22N2O4/c1-16-10-7-14(8-11(10)17-2)12(15)5-9-6-13-3-4-18-9/h9-11,13H,3-8H2,1-2H3. The number of hydrogen-bond acceptors (Lipinski definition) is 5. The van der Waals surface area contributed by atoms with Crippen LogP contribution in [0, 0.1) is 0 Å². The molecule has 0 aromatic rings. The molecule has 3 unspecified atom stereocenters. The highest BCUT2D eigenvalue weighted by Gasteiger charge is 2.36. The Labute approximate surface area is 108 Å². The molecule has 104 valence electrons. The molecule has 3 atom stereocenters. The Balaban J connectivity index is 1.82. The van der Waals surface area contributed by atoms with Crippen LogP contribution < -0.4 is 5.32 Å². The maximum absolute atomic E-state index is 12.1. The number of methoxy groups -OCH3 is 2. The Morgan fingerprint density at radius 2 is 2.00 bits per heavy atom. The van der Waals surface area contributed by atoms with Crippen LogP contribution in [0.4, 0.5) is 0 Å². The number of hydrogen-bond donors (Lipinski definition) is 1. The summed E-state index contributed by atoms with van der Waals surface area (Å²) in [7, 11) is 3.30. The molecule has 2 saturated heterocycles. The van der Waals surface area contributed by atoms with Gasteiger partial charge in [0, 0.05) is 40.4 Å². The van der Waals surface area contributed by atoms with E-state index in [2.05, 4.69) is 5.32 Å². The van der Waals surface area contributed by atoms with Gasteiger partial charge in [-0.3, -0.25) is 4.79 Å². The van der Waals surface area contributed by atoms with Crippen LogP contribution in [0.25, 0.3) is 0 Å². The number of ether oxygens (including phenoxy) is 3. The molecule has 2 fully saturated rings. The largest absolute Gasteiger partial charge is 0.377 e. The predicted molar refractivity (Wildman–Crippen MR) is 65.4 cm³/mol. The first kappa shape index (κ1) is 13.7. The van der Waals surface area contributed by atoms with Gasteiger partial charge in [-0.05, 0) is 0 Å². The Morgan fingerprint density at radius 3 is 2.50 bits per heavy atom. The molecule has 6 nitrogen and oxygen atoms in total. The Bertz CT molecular complexity index is 269. The summed E-state index contributed by atoms with van der Waals surface area (Å²) in [6, 6.07) is 0. The fourth-order valence-electron chi connectivity index (χ4n) is 2.48. The maximum atomic E-state index is 12.1. The topological polar surface area (TPSA) is 60.0 Å². The molecule has 1 amide bonds. The maximum Gasteiger partial charge on any atom is 0.225 e. The Hall–Kier alpha value is -0.690. The number of carbonyl (C=O) groups excluding carboxylic acids is 1. The minimum absolute atomic E-state index is 0.00570. The molecular weight excluding hydrogens is 236 g/mol. The molecule has 2 aliphatic heterocycles. The fourth-order valence-corrected chi connectivity index (χ4v) is 2.48. The van der Waals surface area contributed by atoms with Crippen LogP contribution in [0.1, 0.15) is 6.42 Å².